The van der Waals surface area contributed by atoms with Crippen LogP contribution in [0.1, 0.15) is 5.56 Å². The molecule has 0 aliphatic carbocycles. The Balaban J connectivity index is 2.04. The molecule has 0 aliphatic rings. The van der Waals surface area contributed by atoms with E-state index in [9.17, 15) is 4.79 Å². The van der Waals surface area contributed by atoms with Gasteiger partial charge in [0.1, 0.15) is 6.04 Å². The van der Waals surface area contributed by atoms with Gasteiger partial charge in [-0.25, -0.2) is 0 Å². The number of aliphatic carboxylic acids is 1. The Morgan fingerprint density at radius 1 is 1.38 bits per heavy atom. The predicted molar refractivity (Wildman–Crippen MR) is 78.9 cm³/mol. The number of hydrogen-bond acceptors (Lipinski definition) is 4. The number of hydrogen-bond donors (Lipinski definition) is 2. The fraction of sp³-hybridized carbons (Fsp3) is 0.333. The van der Waals surface area contributed by atoms with Crippen molar-refractivity contribution >= 4 is 5.97 Å². The monoisotopic (exact) mass is 289 g/mol. The van der Waals surface area contributed by atoms with Crippen LogP contribution < -0.4 is 5.73 Å². The van der Waals surface area contributed by atoms with Crippen LogP contribution >= 0.6 is 0 Å². The van der Waals surface area contributed by atoms with Crippen LogP contribution in [0.2, 0.25) is 0 Å². The molecular weight excluding hydrogens is 270 g/mol. The minimum atomic E-state index is -0.988. The molecule has 1 heterocycles. The highest BCUT2D eigenvalue weighted by Gasteiger charge is 2.12. The molecule has 0 fully saturated rings. The maximum absolute atomic E-state index is 10.7. The smallest absolute Gasteiger partial charge is 0.320 e. The molecule has 112 valence electrons. The van der Waals surface area contributed by atoms with Gasteiger partial charge in [-0.05, 0) is 17.5 Å². The first kappa shape index (κ1) is 15.2. The molecule has 1 unspecified atom stereocenters. The Morgan fingerprint density at radius 3 is 2.71 bits per heavy atom. The zero-order valence-electron chi connectivity index (χ0n) is 11.9. The molecular formula is C15H19N3O3. The fourth-order valence-corrected chi connectivity index (χ4v) is 1.99. The lowest BCUT2D eigenvalue weighted by Gasteiger charge is -2.06. The molecule has 21 heavy (non-hydrogen) atoms. The third-order valence-electron chi connectivity index (χ3n) is 3.22. The topological polar surface area (TPSA) is 90.4 Å². The normalized spacial score (nSPS) is 12.3. The fourth-order valence-electron chi connectivity index (χ4n) is 1.99. The highest BCUT2D eigenvalue weighted by Crippen LogP contribution is 2.19. The summed E-state index contributed by atoms with van der Waals surface area (Å²) in [6, 6.07) is 6.81. The van der Waals surface area contributed by atoms with E-state index in [1.54, 1.807) is 13.3 Å². The highest BCUT2D eigenvalue weighted by molar-refractivity contribution is 5.73. The Bertz CT molecular complexity index is 592. The van der Waals surface area contributed by atoms with Crippen molar-refractivity contribution in [3.05, 3.63) is 42.2 Å². The highest BCUT2D eigenvalue weighted by atomic mass is 16.5. The summed E-state index contributed by atoms with van der Waals surface area (Å²) in [4.78, 5) is 10.7. The molecule has 6 heteroatoms. The van der Waals surface area contributed by atoms with Gasteiger partial charge in [0.15, 0.2) is 0 Å². The lowest BCUT2D eigenvalue weighted by Crippen LogP contribution is -2.32. The second-order valence-corrected chi connectivity index (χ2v) is 4.83. The molecule has 1 aromatic carbocycles. The van der Waals surface area contributed by atoms with Crippen molar-refractivity contribution < 1.29 is 14.6 Å². The minimum absolute atomic E-state index is 0.322. The van der Waals surface area contributed by atoms with Crippen LogP contribution in [-0.2, 0) is 22.5 Å². The van der Waals surface area contributed by atoms with Crippen LogP contribution in [0.5, 0.6) is 0 Å². The van der Waals surface area contributed by atoms with Gasteiger partial charge in [0.2, 0.25) is 0 Å². The van der Waals surface area contributed by atoms with Gasteiger partial charge in [-0.3, -0.25) is 9.48 Å². The summed E-state index contributed by atoms with van der Waals surface area (Å²) in [6.07, 6.45) is 4.08. The quantitative estimate of drug-likeness (QED) is 0.798. The van der Waals surface area contributed by atoms with Crippen molar-refractivity contribution in [1.29, 1.82) is 0 Å². The van der Waals surface area contributed by atoms with Gasteiger partial charge in [0.05, 0.1) is 19.3 Å². The molecule has 0 radical (unpaired) electrons. The molecule has 0 bridgehead atoms. The second-order valence-electron chi connectivity index (χ2n) is 4.83. The van der Waals surface area contributed by atoms with E-state index in [1.165, 1.54) is 0 Å². The lowest BCUT2D eigenvalue weighted by molar-refractivity contribution is -0.138. The average Bonchev–Trinajstić information content (AvgIpc) is 2.94. The third-order valence-corrected chi connectivity index (χ3v) is 3.22. The van der Waals surface area contributed by atoms with Crippen LogP contribution in [0.4, 0.5) is 0 Å². The van der Waals surface area contributed by atoms with E-state index in [4.69, 9.17) is 15.6 Å². The number of benzene rings is 1. The molecule has 0 spiro atoms. The summed E-state index contributed by atoms with van der Waals surface area (Å²) in [5, 5.41) is 13.1. The predicted octanol–water partition coefficient (Wildman–Crippen LogP) is 1.15. The SMILES string of the molecule is COCCn1cc(-c2ccc(CC(N)C(=O)O)cc2)cn1. The van der Waals surface area contributed by atoms with Crippen LogP contribution in [0.25, 0.3) is 11.1 Å². The summed E-state index contributed by atoms with van der Waals surface area (Å²) >= 11 is 0. The first-order valence-corrected chi connectivity index (χ1v) is 6.69. The minimum Gasteiger partial charge on any atom is -0.480 e. The maximum Gasteiger partial charge on any atom is 0.320 e. The Kier molecular flexibility index (Phi) is 5.08. The first-order valence-electron chi connectivity index (χ1n) is 6.69. The standard InChI is InChI=1S/C15H19N3O3/c1-21-7-6-18-10-13(9-17-18)12-4-2-11(3-5-12)8-14(16)15(19)20/h2-5,9-10,14H,6-8,16H2,1H3,(H,19,20). The van der Waals surface area contributed by atoms with E-state index in [0.29, 0.717) is 19.6 Å². The number of methoxy groups -OCH3 is 1. The van der Waals surface area contributed by atoms with Gasteiger partial charge in [-0.2, -0.15) is 5.10 Å². The average molecular weight is 289 g/mol. The van der Waals surface area contributed by atoms with Crippen molar-refractivity contribution in [2.45, 2.75) is 19.0 Å². The molecule has 1 atom stereocenters. The number of carboxylic acid groups (broad SMARTS) is 1. The van der Waals surface area contributed by atoms with E-state index < -0.39 is 12.0 Å². The second kappa shape index (κ2) is 7.01. The molecule has 0 amide bonds. The Morgan fingerprint density at radius 2 is 2.10 bits per heavy atom. The number of carboxylic acids is 1. The number of nitrogens with two attached hydrogens (primary N) is 1. The van der Waals surface area contributed by atoms with Gasteiger partial charge >= 0.3 is 5.97 Å². The first-order chi connectivity index (χ1) is 10.1. The molecule has 2 rings (SSSR count). The van der Waals surface area contributed by atoms with Gasteiger partial charge in [0, 0.05) is 18.9 Å². The van der Waals surface area contributed by atoms with Crippen molar-refractivity contribution in [2.24, 2.45) is 5.73 Å². The van der Waals surface area contributed by atoms with E-state index in [0.717, 1.165) is 16.7 Å². The van der Waals surface area contributed by atoms with E-state index >= 15 is 0 Å². The molecule has 2 aromatic rings. The van der Waals surface area contributed by atoms with Gasteiger partial charge in [0.25, 0.3) is 0 Å². The van der Waals surface area contributed by atoms with E-state index in [2.05, 4.69) is 5.10 Å². The summed E-state index contributed by atoms with van der Waals surface area (Å²) in [7, 11) is 1.66. The number of rotatable bonds is 7. The van der Waals surface area contributed by atoms with Crippen LogP contribution in [0, 0.1) is 0 Å². The maximum atomic E-state index is 10.7. The molecule has 0 saturated heterocycles. The molecule has 0 saturated carbocycles. The molecule has 0 aliphatic heterocycles. The van der Waals surface area contributed by atoms with Crippen molar-refractivity contribution in [3.63, 3.8) is 0 Å². The van der Waals surface area contributed by atoms with Crippen LogP contribution in [-0.4, -0.2) is 40.6 Å². The van der Waals surface area contributed by atoms with Crippen LogP contribution in [0.15, 0.2) is 36.7 Å². The van der Waals surface area contributed by atoms with E-state index in [-0.39, 0.29) is 0 Å². The van der Waals surface area contributed by atoms with Gasteiger partial charge < -0.3 is 15.6 Å². The van der Waals surface area contributed by atoms with Gasteiger partial charge in [-0.1, -0.05) is 24.3 Å². The van der Waals surface area contributed by atoms with Crippen LogP contribution in [0.3, 0.4) is 0 Å². The van der Waals surface area contributed by atoms with Crippen molar-refractivity contribution in [3.8, 4) is 11.1 Å². The third kappa shape index (κ3) is 4.14. The molecule has 6 nitrogen and oxygen atoms in total. The number of ether oxygens (including phenoxy) is 1. The number of carbonyl (C=O) groups is 1. The van der Waals surface area contributed by atoms with Crippen molar-refractivity contribution in [2.75, 3.05) is 13.7 Å². The Hall–Kier alpha value is -2.18. The lowest BCUT2D eigenvalue weighted by atomic mass is 10.0. The zero-order chi connectivity index (χ0) is 15.2. The summed E-state index contributed by atoms with van der Waals surface area (Å²) in [5.74, 6) is -0.988. The summed E-state index contributed by atoms with van der Waals surface area (Å²) < 4.78 is 6.84. The Labute approximate surface area is 123 Å². The summed E-state index contributed by atoms with van der Waals surface area (Å²) in [5.41, 5.74) is 8.47. The zero-order valence-corrected chi connectivity index (χ0v) is 11.9. The van der Waals surface area contributed by atoms with Crippen molar-refractivity contribution in [1.82, 2.24) is 9.78 Å². The number of aromatic nitrogens is 2. The number of nitrogens with zero attached hydrogens (tertiary/aromatic N) is 2. The van der Waals surface area contributed by atoms with Gasteiger partial charge in [-0.15, -0.1) is 0 Å². The molecule has 3 N–H and O–H groups in total. The largest absolute Gasteiger partial charge is 0.480 e. The molecule has 1 aromatic heterocycles. The summed E-state index contributed by atoms with van der Waals surface area (Å²) in [6.45, 7) is 1.33. The van der Waals surface area contributed by atoms with E-state index in [1.807, 2.05) is 35.1 Å².